The first-order valence-corrected chi connectivity index (χ1v) is 7.67. The first-order chi connectivity index (χ1) is 10.5. The number of methoxy groups -OCH3 is 1. The van der Waals surface area contributed by atoms with Crippen LogP contribution in [0.4, 0.5) is 5.69 Å². The van der Waals surface area contributed by atoms with Crippen molar-refractivity contribution in [1.29, 1.82) is 0 Å². The Kier molecular flexibility index (Phi) is 3.68. The Bertz CT molecular complexity index is 589. The minimum Gasteiger partial charge on any atom is -0.469 e. The van der Waals surface area contributed by atoms with Gasteiger partial charge in [-0.1, -0.05) is 18.2 Å². The third-order valence-corrected chi connectivity index (χ3v) is 4.81. The number of rotatable bonds is 2. The molecule has 5 nitrogen and oxygen atoms in total. The summed E-state index contributed by atoms with van der Waals surface area (Å²) in [7, 11) is 1.41. The lowest BCUT2D eigenvalue weighted by atomic mass is 9.87. The van der Waals surface area contributed by atoms with Crippen LogP contribution in [0.5, 0.6) is 0 Å². The number of anilines is 1. The third kappa shape index (κ3) is 2.29. The van der Waals surface area contributed by atoms with E-state index < -0.39 is 5.41 Å². The Morgan fingerprint density at radius 1 is 1.32 bits per heavy atom. The van der Waals surface area contributed by atoms with Crippen molar-refractivity contribution in [2.45, 2.75) is 32.4 Å². The molecule has 3 rings (SSSR count). The number of hydrogen-bond acceptors (Lipinski definition) is 4. The molecule has 0 spiro atoms. The first-order valence-electron chi connectivity index (χ1n) is 7.67. The van der Waals surface area contributed by atoms with Crippen molar-refractivity contribution in [2.75, 3.05) is 25.1 Å². The highest BCUT2D eigenvalue weighted by Gasteiger charge is 2.53. The molecule has 118 valence electrons. The second-order valence-corrected chi connectivity index (χ2v) is 6.59. The molecule has 5 heteroatoms. The molecule has 0 bridgehead atoms. The SMILES string of the molecule is COC(=O)C1(C)CC2C(=O)N(c3ccccc3)C(C)CN2C1. The highest BCUT2D eigenvalue weighted by atomic mass is 16.5. The lowest BCUT2D eigenvalue weighted by molar-refractivity contribution is -0.151. The predicted molar refractivity (Wildman–Crippen MR) is 83.5 cm³/mol. The Morgan fingerprint density at radius 2 is 2.00 bits per heavy atom. The molecule has 1 amide bonds. The fourth-order valence-corrected chi connectivity index (χ4v) is 3.78. The van der Waals surface area contributed by atoms with E-state index in [1.54, 1.807) is 0 Å². The zero-order chi connectivity index (χ0) is 15.9. The van der Waals surface area contributed by atoms with Crippen molar-refractivity contribution in [3.05, 3.63) is 30.3 Å². The molecule has 1 aromatic carbocycles. The van der Waals surface area contributed by atoms with E-state index in [9.17, 15) is 9.59 Å². The third-order valence-electron chi connectivity index (χ3n) is 4.81. The monoisotopic (exact) mass is 302 g/mol. The van der Waals surface area contributed by atoms with Gasteiger partial charge in [-0.25, -0.2) is 0 Å². The molecule has 0 N–H and O–H groups in total. The van der Waals surface area contributed by atoms with Gasteiger partial charge in [-0.2, -0.15) is 0 Å². The van der Waals surface area contributed by atoms with E-state index >= 15 is 0 Å². The highest BCUT2D eigenvalue weighted by Crippen LogP contribution is 2.39. The number of fused-ring (bicyclic) bond motifs is 1. The molecule has 2 saturated heterocycles. The molecule has 2 aliphatic heterocycles. The van der Waals surface area contributed by atoms with Gasteiger partial charge in [0, 0.05) is 24.8 Å². The van der Waals surface area contributed by atoms with Crippen LogP contribution >= 0.6 is 0 Å². The van der Waals surface area contributed by atoms with Crippen molar-refractivity contribution in [3.63, 3.8) is 0 Å². The highest BCUT2D eigenvalue weighted by molar-refractivity contribution is 5.99. The normalized spacial score (nSPS) is 32.0. The summed E-state index contributed by atoms with van der Waals surface area (Å²) in [5, 5.41) is 0. The average molecular weight is 302 g/mol. The number of carbonyl (C=O) groups is 2. The van der Waals surface area contributed by atoms with E-state index in [4.69, 9.17) is 4.74 Å². The maximum absolute atomic E-state index is 12.9. The number of esters is 1. The van der Waals surface area contributed by atoms with Crippen molar-refractivity contribution in [3.8, 4) is 0 Å². The minimum absolute atomic E-state index is 0.0811. The zero-order valence-corrected chi connectivity index (χ0v) is 13.3. The van der Waals surface area contributed by atoms with E-state index in [0.717, 1.165) is 12.2 Å². The van der Waals surface area contributed by atoms with Crippen LogP contribution in [0.1, 0.15) is 20.3 Å². The van der Waals surface area contributed by atoms with Gasteiger partial charge in [-0.05, 0) is 32.4 Å². The van der Waals surface area contributed by atoms with Gasteiger partial charge in [-0.15, -0.1) is 0 Å². The van der Waals surface area contributed by atoms with Crippen LogP contribution in [0, 0.1) is 5.41 Å². The van der Waals surface area contributed by atoms with Gasteiger partial charge in [-0.3, -0.25) is 14.5 Å². The van der Waals surface area contributed by atoms with Crippen LogP contribution in [-0.4, -0.2) is 49.1 Å². The van der Waals surface area contributed by atoms with Gasteiger partial charge >= 0.3 is 5.97 Å². The van der Waals surface area contributed by atoms with Gasteiger partial charge in [0.1, 0.15) is 0 Å². The summed E-state index contributed by atoms with van der Waals surface area (Å²) in [6.45, 7) is 5.30. The lowest BCUT2D eigenvalue weighted by Crippen LogP contribution is -2.59. The van der Waals surface area contributed by atoms with E-state index in [1.807, 2.05) is 42.2 Å². The number of benzene rings is 1. The summed E-state index contributed by atoms with van der Waals surface area (Å²) in [6, 6.07) is 9.59. The number of amides is 1. The topological polar surface area (TPSA) is 49.9 Å². The first kappa shape index (κ1) is 15.0. The van der Waals surface area contributed by atoms with Crippen LogP contribution in [0.3, 0.4) is 0 Å². The number of ether oxygens (including phenoxy) is 1. The second kappa shape index (κ2) is 5.39. The molecule has 0 aromatic heterocycles. The summed E-state index contributed by atoms with van der Waals surface area (Å²) in [6.07, 6.45) is 0.522. The van der Waals surface area contributed by atoms with Crippen molar-refractivity contribution in [2.24, 2.45) is 5.41 Å². The molecule has 0 radical (unpaired) electrons. The van der Waals surface area contributed by atoms with Gasteiger partial charge in [0.2, 0.25) is 5.91 Å². The van der Waals surface area contributed by atoms with Crippen molar-refractivity contribution in [1.82, 2.24) is 4.90 Å². The average Bonchev–Trinajstić information content (AvgIpc) is 2.85. The molecule has 0 saturated carbocycles. The number of piperazine rings is 1. The van der Waals surface area contributed by atoms with Crippen LogP contribution in [-0.2, 0) is 14.3 Å². The second-order valence-electron chi connectivity index (χ2n) is 6.59. The standard InChI is InChI=1S/C17H22N2O3/c1-12-10-18-11-17(2,16(21)22-3)9-14(18)15(20)19(12)13-7-5-4-6-8-13/h4-8,12,14H,9-11H2,1-3H3. The summed E-state index contributed by atoms with van der Waals surface area (Å²) in [5.74, 6) is -0.147. The summed E-state index contributed by atoms with van der Waals surface area (Å²) < 4.78 is 4.93. The van der Waals surface area contributed by atoms with Crippen LogP contribution in [0.25, 0.3) is 0 Å². The van der Waals surface area contributed by atoms with E-state index in [1.165, 1.54) is 7.11 Å². The molecule has 22 heavy (non-hydrogen) atoms. The molecule has 2 aliphatic rings. The molecule has 3 atom stereocenters. The molecule has 2 heterocycles. The number of para-hydroxylation sites is 1. The smallest absolute Gasteiger partial charge is 0.312 e. The van der Waals surface area contributed by atoms with Crippen LogP contribution in [0.2, 0.25) is 0 Å². The molecule has 2 fully saturated rings. The quantitative estimate of drug-likeness (QED) is 0.780. The Labute approximate surface area is 130 Å². The number of hydrogen-bond donors (Lipinski definition) is 0. The minimum atomic E-state index is -0.596. The van der Waals surface area contributed by atoms with E-state index in [2.05, 4.69) is 11.8 Å². The number of nitrogens with zero attached hydrogens (tertiary/aromatic N) is 2. The van der Waals surface area contributed by atoms with Gasteiger partial charge in [0.15, 0.2) is 0 Å². The predicted octanol–water partition coefficient (Wildman–Crippen LogP) is 1.68. The van der Waals surface area contributed by atoms with Gasteiger partial charge in [0.25, 0.3) is 0 Å². The van der Waals surface area contributed by atoms with Gasteiger partial charge in [0.05, 0.1) is 18.6 Å². The summed E-state index contributed by atoms with van der Waals surface area (Å²) >= 11 is 0. The Hall–Kier alpha value is -1.88. The fourth-order valence-electron chi connectivity index (χ4n) is 3.78. The van der Waals surface area contributed by atoms with Crippen molar-refractivity contribution < 1.29 is 14.3 Å². The summed E-state index contributed by atoms with van der Waals surface area (Å²) in [4.78, 5) is 29.0. The maximum Gasteiger partial charge on any atom is 0.312 e. The molecule has 1 aromatic rings. The van der Waals surface area contributed by atoms with E-state index in [0.29, 0.717) is 13.0 Å². The fraction of sp³-hybridized carbons (Fsp3) is 0.529. The van der Waals surface area contributed by atoms with Crippen molar-refractivity contribution >= 4 is 17.6 Å². The maximum atomic E-state index is 12.9. The summed E-state index contributed by atoms with van der Waals surface area (Å²) in [5.41, 5.74) is 0.327. The Balaban J connectivity index is 1.87. The largest absolute Gasteiger partial charge is 0.469 e. The van der Waals surface area contributed by atoms with Crippen LogP contribution < -0.4 is 4.90 Å². The zero-order valence-electron chi connectivity index (χ0n) is 13.3. The lowest BCUT2D eigenvalue weighted by Gasteiger charge is -2.41. The molecule has 3 unspecified atom stereocenters. The number of carbonyl (C=O) groups excluding carboxylic acids is 2. The molecule has 0 aliphatic carbocycles. The van der Waals surface area contributed by atoms with Crippen LogP contribution in [0.15, 0.2) is 30.3 Å². The molecular formula is C17H22N2O3. The van der Waals surface area contributed by atoms with E-state index in [-0.39, 0.29) is 24.0 Å². The molecular weight excluding hydrogens is 280 g/mol. The van der Waals surface area contributed by atoms with Gasteiger partial charge < -0.3 is 9.64 Å². The Morgan fingerprint density at radius 3 is 2.64 bits per heavy atom.